The van der Waals surface area contributed by atoms with Gasteiger partial charge in [0.25, 0.3) is 0 Å². The van der Waals surface area contributed by atoms with E-state index < -0.39 is 57.8 Å². The normalized spacial score (nSPS) is 32.3. The van der Waals surface area contributed by atoms with Crippen molar-refractivity contribution in [2.45, 2.75) is 132 Å². The monoisotopic (exact) mass is 802 g/mol. The fourth-order valence-electron chi connectivity index (χ4n) is 6.78. The number of fused-ring (bicyclic) bond motifs is 1. The topological polar surface area (TPSA) is 110 Å². The number of cyclic esters (lactones) is 1. The quantitative estimate of drug-likeness (QED) is 0.0482. The van der Waals surface area contributed by atoms with Crippen molar-refractivity contribution in [1.29, 1.82) is 0 Å². The summed E-state index contributed by atoms with van der Waals surface area (Å²) in [5.41, 5.74) is 0.926. The number of halogens is 4. The molecule has 2 fully saturated rings. The summed E-state index contributed by atoms with van der Waals surface area (Å²) in [4.78, 5) is 35.1. The highest BCUT2D eigenvalue weighted by molar-refractivity contribution is 6.53. The zero-order valence-electron chi connectivity index (χ0n) is 30.4. The molecule has 0 N–H and O–H groups in total. The Hall–Kier alpha value is -2.11. The van der Waals surface area contributed by atoms with Crippen LogP contribution in [0.25, 0.3) is 0 Å². The third-order valence-electron chi connectivity index (χ3n) is 9.89. The second-order valence-corrected chi connectivity index (χ2v) is 16.4. The summed E-state index contributed by atoms with van der Waals surface area (Å²) in [7, 11) is 0. The molecule has 0 spiro atoms. The molecule has 52 heavy (non-hydrogen) atoms. The molecule has 11 atom stereocenters. The first-order valence-electron chi connectivity index (χ1n) is 17.9. The molecule has 288 valence electrons. The molecule has 3 aliphatic rings. The van der Waals surface area contributed by atoms with Gasteiger partial charge in [0.2, 0.25) is 9.67 Å². The lowest BCUT2D eigenvalue weighted by molar-refractivity contribution is -0.158. The average molecular weight is 805 g/mol. The van der Waals surface area contributed by atoms with Crippen molar-refractivity contribution in [3.63, 3.8) is 0 Å². The minimum absolute atomic E-state index is 0.00705. The third kappa shape index (κ3) is 11.9. The second kappa shape index (κ2) is 19.5. The predicted molar refractivity (Wildman–Crippen MR) is 201 cm³/mol. The minimum Gasteiger partial charge on any atom is -0.460 e. The molecule has 0 aromatic heterocycles. The van der Waals surface area contributed by atoms with E-state index >= 15 is 0 Å². The molecule has 0 radical (unpaired) electrons. The van der Waals surface area contributed by atoms with Crippen molar-refractivity contribution >= 4 is 64.3 Å². The molecule has 4 rings (SSSR count). The summed E-state index contributed by atoms with van der Waals surface area (Å²) in [5, 5.41) is 0. The molecule has 0 aliphatic carbocycles. The van der Waals surface area contributed by atoms with Crippen LogP contribution in [0.15, 0.2) is 66.3 Å². The summed E-state index contributed by atoms with van der Waals surface area (Å²) in [5.74, 6) is -2.06. The molecule has 1 aromatic carbocycles. The molecule has 9 nitrogen and oxygen atoms in total. The Morgan fingerprint density at radius 2 is 1.73 bits per heavy atom. The first-order chi connectivity index (χ1) is 24.6. The van der Waals surface area contributed by atoms with Crippen molar-refractivity contribution in [2.75, 3.05) is 0 Å². The largest absolute Gasteiger partial charge is 0.460 e. The number of ether oxygens (including phenoxy) is 6. The zero-order chi connectivity index (χ0) is 38.2. The SMILES string of the molecule is CC[C@H](OC(=O)C(Cl)Cl)[C@@H](C)[C@H]1O[C@H]1C[C@H](C)/C=C/C=C(\C)[C@H]1OC(=O)C[C@H](OC(=O)C(Cl)Cl)CC[C@@]2(C)O[C@@H](c3ccccc3)O[C@H]2/C=C/[C@@H]1C. The molecule has 2 saturated heterocycles. The molecule has 0 amide bonds. The van der Waals surface area contributed by atoms with Gasteiger partial charge in [-0.3, -0.25) is 4.79 Å². The van der Waals surface area contributed by atoms with Crippen molar-refractivity contribution < 1.29 is 42.8 Å². The number of alkyl halides is 4. The lowest BCUT2D eigenvalue weighted by atomic mass is 9.89. The van der Waals surface area contributed by atoms with Gasteiger partial charge in [-0.15, -0.1) is 0 Å². The van der Waals surface area contributed by atoms with E-state index in [4.69, 9.17) is 74.8 Å². The smallest absolute Gasteiger partial charge is 0.339 e. The number of esters is 3. The Kier molecular flexibility index (Phi) is 16.0. The summed E-state index contributed by atoms with van der Waals surface area (Å²) in [6.07, 6.45) is 9.08. The lowest BCUT2D eigenvalue weighted by Gasteiger charge is -2.31. The highest BCUT2D eigenvalue weighted by Gasteiger charge is 2.47. The number of hydrogen-bond acceptors (Lipinski definition) is 9. The molecular weight excluding hydrogens is 754 g/mol. The molecule has 3 heterocycles. The van der Waals surface area contributed by atoms with E-state index in [1.807, 2.05) is 89.3 Å². The summed E-state index contributed by atoms with van der Waals surface area (Å²) in [6, 6.07) is 9.67. The van der Waals surface area contributed by atoms with E-state index in [9.17, 15) is 14.4 Å². The fourth-order valence-corrected chi connectivity index (χ4v) is 6.98. The van der Waals surface area contributed by atoms with Crippen LogP contribution in [0.2, 0.25) is 0 Å². The van der Waals surface area contributed by atoms with Crippen LogP contribution in [0.1, 0.15) is 85.5 Å². The molecule has 0 bridgehead atoms. The van der Waals surface area contributed by atoms with E-state index in [0.29, 0.717) is 19.3 Å². The van der Waals surface area contributed by atoms with Gasteiger partial charge in [-0.25, -0.2) is 9.59 Å². The van der Waals surface area contributed by atoms with Gasteiger partial charge in [0.05, 0.1) is 24.2 Å². The number of carbonyl (C=O) groups is 3. The van der Waals surface area contributed by atoms with Crippen molar-refractivity contribution in [2.24, 2.45) is 17.8 Å². The van der Waals surface area contributed by atoms with E-state index in [0.717, 1.165) is 17.6 Å². The van der Waals surface area contributed by atoms with Gasteiger partial charge in [0, 0.05) is 17.4 Å². The van der Waals surface area contributed by atoms with Crippen LogP contribution in [-0.4, -0.2) is 69.8 Å². The number of epoxide rings is 1. The Labute approximate surface area is 327 Å². The van der Waals surface area contributed by atoms with Crippen LogP contribution < -0.4 is 0 Å². The molecular formula is C39H50Cl4O9. The summed E-state index contributed by atoms with van der Waals surface area (Å²) in [6.45, 7) is 11.9. The molecule has 0 saturated carbocycles. The van der Waals surface area contributed by atoms with Gasteiger partial charge in [-0.1, -0.05) is 135 Å². The van der Waals surface area contributed by atoms with Gasteiger partial charge in [-0.05, 0) is 51.0 Å². The van der Waals surface area contributed by atoms with Crippen LogP contribution in [0.3, 0.4) is 0 Å². The second-order valence-electron chi connectivity index (χ2n) is 14.2. The standard InChI is InChI=1S/C39H50Cl4O9/c1-7-28(49-37(46)35(42)43)25(5)33-29(48-33)20-22(2)12-11-13-23(3)32-24(4)16-17-30-39(6,52-38(50-30)26-14-9-8-10-15-26)19-18-27(21-31(44)51-32)47-36(45)34(40)41/h8-17,22,24-25,27-30,32-35,38H,7,18-21H2,1-6H3/b12-11+,17-16+,23-13+/t22-,24+,25-,27-,28+,29+,30+,32-,33-,38+,39-/m1/s1. The van der Waals surface area contributed by atoms with E-state index in [1.165, 1.54) is 0 Å². The molecule has 1 aromatic rings. The van der Waals surface area contributed by atoms with Gasteiger partial charge >= 0.3 is 17.9 Å². The zero-order valence-corrected chi connectivity index (χ0v) is 33.4. The predicted octanol–water partition coefficient (Wildman–Crippen LogP) is 8.92. The van der Waals surface area contributed by atoms with Gasteiger partial charge < -0.3 is 28.4 Å². The molecule has 3 aliphatic heterocycles. The maximum Gasteiger partial charge on any atom is 0.339 e. The Balaban J connectivity index is 1.46. The number of benzene rings is 1. The first-order valence-corrected chi connectivity index (χ1v) is 19.6. The summed E-state index contributed by atoms with van der Waals surface area (Å²) < 4.78 is 36.0. The van der Waals surface area contributed by atoms with Gasteiger partial charge in [-0.2, -0.15) is 0 Å². The Morgan fingerprint density at radius 1 is 1.04 bits per heavy atom. The van der Waals surface area contributed by atoms with Crippen LogP contribution in [0.5, 0.6) is 0 Å². The average Bonchev–Trinajstić information content (AvgIpc) is 3.78. The maximum atomic E-state index is 13.4. The molecule has 13 heteroatoms. The third-order valence-corrected chi connectivity index (χ3v) is 10.6. The van der Waals surface area contributed by atoms with E-state index in [2.05, 4.69) is 13.0 Å². The highest BCUT2D eigenvalue weighted by Crippen LogP contribution is 2.43. The van der Waals surface area contributed by atoms with Crippen LogP contribution in [0.4, 0.5) is 0 Å². The van der Waals surface area contributed by atoms with Gasteiger partial charge in [0.1, 0.15) is 24.4 Å². The van der Waals surface area contributed by atoms with Crippen molar-refractivity contribution in [3.05, 3.63) is 71.8 Å². The van der Waals surface area contributed by atoms with Gasteiger partial charge in [0.15, 0.2) is 6.29 Å². The number of carbonyl (C=O) groups excluding carboxylic acids is 3. The number of hydrogen-bond donors (Lipinski definition) is 0. The Morgan fingerprint density at radius 3 is 2.38 bits per heavy atom. The molecule has 0 unspecified atom stereocenters. The van der Waals surface area contributed by atoms with Crippen LogP contribution in [0, 0.1) is 17.8 Å². The van der Waals surface area contributed by atoms with E-state index in [-0.39, 0.29) is 42.5 Å². The highest BCUT2D eigenvalue weighted by atomic mass is 35.5. The number of allylic oxidation sites excluding steroid dienone is 3. The lowest BCUT2D eigenvalue weighted by Crippen LogP contribution is -2.38. The minimum atomic E-state index is -1.39. The maximum absolute atomic E-state index is 13.4. The number of rotatable bonds is 13. The van der Waals surface area contributed by atoms with Crippen molar-refractivity contribution in [1.82, 2.24) is 0 Å². The van der Waals surface area contributed by atoms with E-state index in [1.54, 1.807) is 0 Å². The first kappa shape index (κ1) is 42.6. The Bertz CT molecular complexity index is 1450. The fraction of sp³-hybridized carbons (Fsp3) is 0.615. The van der Waals surface area contributed by atoms with Crippen LogP contribution >= 0.6 is 46.4 Å². The summed E-state index contributed by atoms with van der Waals surface area (Å²) >= 11 is 22.9. The van der Waals surface area contributed by atoms with Crippen LogP contribution in [-0.2, 0) is 42.8 Å². The van der Waals surface area contributed by atoms with Crippen molar-refractivity contribution in [3.8, 4) is 0 Å².